The van der Waals surface area contributed by atoms with Crippen LogP contribution in [-0.2, 0) is 0 Å². The highest BCUT2D eigenvalue weighted by Gasteiger charge is 2.13. The molecular weight excluding hydrogens is 260 g/mol. The van der Waals surface area contributed by atoms with Crippen LogP contribution in [0, 0.1) is 18.3 Å². The first kappa shape index (κ1) is 13.4. The summed E-state index contributed by atoms with van der Waals surface area (Å²) in [5.74, 6) is -1.40. The van der Waals surface area contributed by atoms with Gasteiger partial charge in [-0.15, -0.1) is 0 Å². The second-order valence-electron chi connectivity index (χ2n) is 4.16. The number of aryl methyl sites for hydroxylation is 1. The number of rotatable bonds is 2. The number of carboxylic acids is 1. The molecule has 0 aliphatic carbocycles. The molecule has 0 unspecified atom stereocenters. The topological polar surface area (TPSA) is 103 Å². The zero-order valence-electron chi connectivity index (χ0n) is 10.5. The van der Waals surface area contributed by atoms with Crippen molar-refractivity contribution >= 4 is 5.97 Å². The lowest BCUT2D eigenvalue weighted by molar-refractivity contribution is 0.0697. The number of aromatic carboxylic acids is 1. The van der Waals surface area contributed by atoms with E-state index in [1.54, 1.807) is 13.0 Å². The van der Waals surface area contributed by atoms with Crippen LogP contribution in [-0.4, -0.2) is 20.7 Å². The van der Waals surface area contributed by atoms with Crippen LogP contribution < -0.4 is 5.56 Å². The number of nitriles is 1. The van der Waals surface area contributed by atoms with E-state index >= 15 is 0 Å². The van der Waals surface area contributed by atoms with E-state index in [4.69, 9.17) is 10.4 Å². The maximum Gasteiger partial charge on any atom is 0.335 e. The van der Waals surface area contributed by atoms with Gasteiger partial charge in [-0.3, -0.25) is 4.79 Å². The molecule has 0 atom stereocenters. The summed E-state index contributed by atoms with van der Waals surface area (Å²) in [4.78, 5) is 22.9. The molecule has 0 aliphatic heterocycles. The van der Waals surface area contributed by atoms with Gasteiger partial charge in [0.2, 0.25) is 0 Å². The van der Waals surface area contributed by atoms with Gasteiger partial charge < -0.3 is 10.2 Å². The number of hydrogen-bond donors (Lipinski definition) is 2. The zero-order valence-corrected chi connectivity index (χ0v) is 10.5. The lowest BCUT2D eigenvalue weighted by Gasteiger charge is -2.10. The SMILES string of the molecule is Cc1cc(O)n(-c2ccc(C(=O)O)cc2)c(=O)c1C#N. The number of pyridine rings is 1. The number of carbonyl (C=O) groups is 1. The Morgan fingerprint density at radius 2 is 1.90 bits per heavy atom. The molecule has 0 aliphatic rings. The number of aromatic nitrogens is 1. The summed E-state index contributed by atoms with van der Waals surface area (Å²) in [7, 11) is 0. The van der Waals surface area contributed by atoms with Gasteiger partial charge in [0.1, 0.15) is 11.6 Å². The van der Waals surface area contributed by atoms with Gasteiger partial charge >= 0.3 is 5.97 Å². The average molecular weight is 270 g/mol. The van der Waals surface area contributed by atoms with E-state index in [1.165, 1.54) is 30.3 Å². The molecule has 0 saturated heterocycles. The fourth-order valence-electron chi connectivity index (χ4n) is 1.85. The van der Waals surface area contributed by atoms with Crippen molar-refractivity contribution in [3.8, 4) is 17.6 Å². The Balaban J connectivity index is 2.67. The number of aromatic hydroxyl groups is 1. The molecule has 100 valence electrons. The van der Waals surface area contributed by atoms with Crippen LogP contribution in [0.5, 0.6) is 5.88 Å². The third kappa shape index (κ3) is 2.12. The molecule has 6 nitrogen and oxygen atoms in total. The fraction of sp³-hybridized carbons (Fsp3) is 0.0714. The standard InChI is InChI=1S/C14H10N2O4/c1-8-6-12(17)16(13(18)11(8)7-15)10-4-2-9(3-5-10)14(19)20/h2-6,17H,1H3,(H,19,20). The summed E-state index contributed by atoms with van der Waals surface area (Å²) in [6, 6.07) is 8.51. The van der Waals surface area contributed by atoms with E-state index in [-0.39, 0.29) is 22.7 Å². The molecule has 1 aromatic carbocycles. The molecule has 0 bridgehead atoms. The second-order valence-corrected chi connectivity index (χ2v) is 4.16. The largest absolute Gasteiger partial charge is 0.494 e. The van der Waals surface area contributed by atoms with Gasteiger partial charge in [0.25, 0.3) is 5.56 Å². The van der Waals surface area contributed by atoms with Crippen molar-refractivity contribution in [1.82, 2.24) is 4.57 Å². The highest BCUT2D eigenvalue weighted by molar-refractivity contribution is 5.87. The molecule has 0 amide bonds. The summed E-state index contributed by atoms with van der Waals surface area (Å²) >= 11 is 0. The highest BCUT2D eigenvalue weighted by atomic mass is 16.4. The molecule has 20 heavy (non-hydrogen) atoms. The molecule has 2 N–H and O–H groups in total. The van der Waals surface area contributed by atoms with Crippen molar-refractivity contribution in [2.45, 2.75) is 6.92 Å². The predicted molar refractivity (Wildman–Crippen MR) is 70.1 cm³/mol. The molecule has 6 heteroatoms. The zero-order chi connectivity index (χ0) is 14.9. The van der Waals surface area contributed by atoms with Crippen LogP contribution >= 0.6 is 0 Å². The monoisotopic (exact) mass is 270 g/mol. The maximum absolute atomic E-state index is 12.1. The lowest BCUT2D eigenvalue weighted by atomic mass is 10.1. The smallest absolute Gasteiger partial charge is 0.335 e. The minimum absolute atomic E-state index is 0.0638. The van der Waals surface area contributed by atoms with E-state index in [2.05, 4.69) is 0 Å². The normalized spacial score (nSPS) is 10.0. The molecule has 1 heterocycles. The van der Waals surface area contributed by atoms with Gasteiger partial charge in [-0.2, -0.15) is 5.26 Å². The maximum atomic E-state index is 12.1. The van der Waals surface area contributed by atoms with E-state index in [0.717, 1.165) is 4.57 Å². The molecule has 0 spiro atoms. The summed E-state index contributed by atoms with van der Waals surface area (Å²) < 4.78 is 0.956. The summed E-state index contributed by atoms with van der Waals surface area (Å²) in [6.45, 7) is 1.55. The predicted octanol–water partition coefficient (Wildman–Crippen LogP) is 1.42. The number of hydrogen-bond acceptors (Lipinski definition) is 4. The van der Waals surface area contributed by atoms with Crippen molar-refractivity contribution in [3.63, 3.8) is 0 Å². The molecule has 0 saturated carbocycles. The van der Waals surface area contributed by atoms with Gasteiger partial charge in [-0.25, -0.2) is 9.36 Å². The van der Waals surface area contributed by atoms with Crippen molar-refractivity contribution in [2.75, 3.05) is 0 Å². The minimum Gasteiger partial charge on any atom is -0.494 e. The minimum atomic E-state index is -1.09. The van der Waals surface area contributed by atoms with E-state index in [0.29, 0.717) is 5.56 Å². The van der Waals surface area contributed by atoms with E-state index in [9.17, 15) is 14.7 Å². The van der Waals surface area contributed by atoms with Crippen LogP contribution in [0.2, 0.25) is 0 Å². The Morgan fingerprint density at radius 3 is 2.40 bits per heavy atom. The Kier molecular flexibility index (Phi) is 3.27. The third-order valence-corrected chi connectivity index (χ3v) is 2.87. The van der Waals surface area contributed by atoms with Crippen molar-refractivity contribution in [1.29, 1.82) is 5.26 Å². The van der Waals surface area contributed by atoms with Gasteiger partial charge in [0, 0.05) is 6.07 Å². The van der Waals surface area contributed by atoms with Gasteiger partial charge in [0.05, 0.1) is 11.3 Å². The Labute approximate surface area is 113 Å². The Bertz CT molecular complexity index is 783. The van der Waals surface area contributed by atoms with Crippen LogP contribution in [0.3, 0.4) is 0 Å². The summed E-state index contributed by atoms with van der Waals surface area (Å²) in [5.41, 5.74) is 0.0227. The number of nitrogens with zero attached hydrogens (tertiary/aromatic N) is 2. The first-order valence-electron chi connectivity index (χ1n) is 5.65. The van der Waals surface area contributed by atoms with Crippen molar-refractivity contribution in [2.24, 2.45) is 0 Å². The second kappa shape index (κ2) is 4.90. The summed E-state index contributed by atoms with van der Waals surface area (Å²) in [6.07, 6.45) is 0. The fourth-order valence-corrected chi connectivity index (χ4v) is 1.85. The van der Waals surface area contributed by atoms with Crippen molar-refractivity contribution < 1.29 is 15.0 Å². The number of carboxylic acid groups (broad SMARTS) is 1. The van der Waals surface area contributed by atoms with Crippen LogP contribution in [0.4, 0.5) is 0 Å². The molecule has 0 radical (unpaired) electrons. The Hall–Kier alpha value is -3.07. The lowest BCUT2D eigenvalue weighted by Crippen LogP contribution is -2.22. The van der Waals surface area contributed by atoms with E-state index in [1.807, 2.05) is 0 Å². The van der Waals surface area contributed by atoms with Crippen LogP contribution in [0.15, 0.2) is 35.1 Å². The Morgan fingerprint density at radius 1 is 1.30 bits per heavy atom. The summed E-state index contributed by atoms with van der Waals surface area (Å²) in [5, 5.41) is 27.6. The van der Waals surface area contributed by atoms with Crippen LogP contribution in [0.25, 0.3) is 5.69 Å². The molecule has 0 fully saturated rings. The third-order valence-electron chi connectivity index (χ3n) is 2.87. The van der Waals surface area contributed by atoms with E-state index < -0.39 is 11.5 Å². The van der Waals surface area contributed by atoms with Crippen LogP contribution in [0.1, 0.15) is 21.5 Å². The van der Waals surface area contributed by atoms with Crippen molar-refractivity contribution in [3.05, 3.63) is 57.4 Å². The molecule has 1 aromatic heterocycles. The first-order chi connectivity index (χ1) is 9.45. The average Bonchev–Trinajstić information content (AvgIpc) is 2.39. The highest BCUT2D eigenvalue weighted by Crippen LogP contribution is 2.18. The molecule has 2 aromatic rings. The quantitative estimate of drug-likeness (QED) is 0.858. The number of benzene rings is 1. The molecule has 2 rings (SSSR count). The first-order valence-corrected chi connectivity index (χ1v) is 5.65. The van der Waals surface area contributed by atoms with Gasteiger partial charge in [-0.05, 0) is 36.8 Å². The van der Waals surface area contributed by atoms with Gasteiger partial charge in [-0.1, -0.05) is 0 Å². The molecular formula is C14H10N2O4. The van der Waals surface area contributed by atoms with Gasteiger partial charge in [0.15, 0.2) is 5.88 Å².